The Hall–Kier alpha value is -0.0800. The summed E-state index contributed by atoms with van der Waals surface area (Å²) in [4.78, 5) is 0. The van der Waals surface area contributed by atoms with Crippen LogP contribution in [0.5, 0.6) is 0 Å². The van der Waals surface area contributed by atoms with Gasteiger partial charge < -0.3 is 10.8 Å². The average molecular weight is 171 g/mol. The van der Waals surface area contributed by atoms with Gasteiger partial charge in [-0.1, -0.05) is 20.8 Å². The van der Waals surface area contributed by atoms with Crippen molar-refractivity contribution < 1.29 is 5.11 Å². The van der Waals surface area contributed by atoms with E-state index in [0.717, 1.165) is 19.3 Å². The zero-order chi connectivity index (χ0) is 9.41. The smallest absolute Gasteiger partial charge is 0.0551 e. The summed E-state index contributed by atoms with van der Waals surface area (Å²) in [5.74, 6) is 0. The molecule has 1 aliphatic rings. The zero-order valence-electron chi connectivity index (χ0n) is 8.43. The third-order valence-corrected chi connectivity index (χ3v) is 2.91. The Morgan fingerprint density at radius 3 is 2.33 bits per heavy atom. The van der Waals surface area contributed by atoms with E-state index < -0.39 is 0 Å². The standard InChI is InChI=1S/C10H21NO/c1-9(2)4-8(12)5-10(3,6-9)7-11/h8,12H,4-7,11H2,1-3H3/t8-,10+/m1/s1. The topological polar surface area (TPSA) is 46.2 Å². The molecule has 0 spiro atoms. The molecule has 0 aliphatic heterocycles. The van der Waals surface area contributed by atoms with E-state index in [4.69, 9.17) is 5.73 Å². The highest BCUT2D eigenvalue weighted by atomic mass is 16.3. The van der Waals surface area contributed by atoms with Crippen LogP contribution in [0.25, 0.3) is 0 Å². The predicted molar refractivity (Wildman–Crippen MR) is 50.8 cm³/mol. The lowest BCUT2D eigenvalue weighted by Crippen LogP contribution is -2.42. The molecule has 0 saturated heterocycles. The van der Waals surface area contributed by atoms with E-state index >= 15 is 0 Å². The Morgan fingerprint density at radius 1 is 1.33 bits per heavy atom. The molecule has 1 rings (SSSR count). The molecule has 0 aromatic heterocycles. The van der Waals surface area contributed by atoms with Gasteiger partial charge in [-0.25, -0.2) is 0 Å². The Balaban J connectivity index is 2.70. The summed E-state index contributed by atoms with van der Waals surface area (Å²) in [5, 5.41) is 9.66. The molecule has 12 heavy (non-hydrogen) atoms. The van der Waals surface area contributed by atoms with Gasteiger partial charge in [0.1, 0.15) is 0 Å². The van der Waals surface area contributed by atoms with Crippen LogP contribution in [-0.2, 0) is 0 Å². The molecule has 1 saturated carbocycles. The molecule has 72 valence electrons. The summed E-state index contributed by atoms with van der Waals surface area (Å²) in [6.45, 7) is 7.29. The molecular formula is C10H21NO. The number of hydrogen-bond acceptors (Lipinski definition) is 2. The lowest BCUT2D eigenvalue weighted by molar-refractivity contribution is -0.00501. The third kappa shape index (κ3) is 2.20. The molecule has 1 aliphatic carbocycles. The Morgan fingerprint density at radius 2 is 1.92 bits per heavy atom. The Kier molecular flexibility index (Phi) is 2.50. The van der Waals surface area contributed by atoms with Gasteiger partial charge in [-0.15, -0.1) is 0 Å². The largest absolute Gasteiger partial charge is 0.393 e. The zero-order valence-corrected chi connectivity index (χ0v) is 8.43. The van der Waals surface area contributed by atoms with Gasteiger partial charge in [0.05, 0.1) is 6.10 Å². The SMILES string of the molecule is CC1(C)C[C@@H](O)C[C@](C)(CN)C1. The summed E-state index contributed by atoms with van der Waals surface area (Å²) in [7, 11) is 0. The maximum Gasteiger partial charge on any atom is 0.0551 e. The highest BCUT2D eigenvalue weighted by Gasteiger charge is 2.39. The molecule has 1 fully saturated rings. The highest BCUT2D eigenvalue weighted by molar-refractivity contribution is 4.91. The molecule has 0 aromatic rings. The number of rotatable bonds is 1. The van der Waals surface area contributed by atoms with Crippen molar-refractivity contribution in [1.82, 2.24) is 0 Å². The lowest BCUT2D eigenvalue weighted by Gasteiger charge is -2.44. The van der Waals surface area contributed by atoms with E-state index in [1.807, 2.05) is 0 Å². The maximum absolute atomic E-state index is 9.66. The molecule has 2 nitrogen and oxygen atoms in total. The maximum atomic E-state index is 9.66. The number of aliphatic hydroxyl groups is 1. The molecule has 2 heteroatoms. The van der Waals surface area contributed by atoms with Crippen LogP contribution in [0.4, 0.5) is 0 Å². The molecule has 0 unspecified atom stereocenters. The van der Waals surface area contributed by atoms with Crippen LogP contribution < -0.4 is 5.73 Å². The van der Waals surface area contributed by atoms with Crippen LogP contribution in [0, 0.1) is 10.8 Å². The average Bonchev–Trinajstić information content (AvgIpc) is 1.82. The van der Waals surface area contributed by atoms with Crippen molar-refractivity contribution in [1.29, 1.82) is 0 Å². The molecule has 3 N–H and O–H groups in total. The quantitative estimate of drug-likeness (QED) is 0.628. The van der Waals surface area contributed by atoms with Gasteiger partial charge in [0, 0.05) is 0 Å². The molecule has 0 amide bonds. The molecule has 0 radical (unpaired) electrons. The van der Waals surface area contributed by atoms with Gasteiger partial charge >= 0.3 is 0 Å². The first-order valence-electron chi connectivity index (χ1n) is 4.75. The van der Waals surface area contributed by atoms with E-state index in [0.29, 0.717) is 6.54 Å². The van der Waals surface area contributed by atoms with Crippen molar-refractivity contribution in [3.8, 4) is 0 Å². The Labute approximate surface area is 75.2 Å². The normalized spacial score (nSPS) is 41.2. The van der Waals surface area contributed by atoms with Gasteiger partial charge in [-0.05, 0) is 36.6 Å². The minimum absolute atomic E-state index is 0.151. The van der Waals surface area contributed by atoms with Crippen molar-refractivity contribution in [3.63, 3.8) is 0 Å². The number of nitrogens with two attached hydrogens (primary N) is 1. The minimum Gasteiger partial charge on any atom is -0.393 e. The van der Waals surface area contributed by atoms with E-state index in [-0.39, 0.29) is 16.9 Å². The summed E-state index contributed by atoms with van der Waals surface area (Å²) in [5.41, 5.74) is 6.12. The van der Waals surface area contributed by atoms with E-state index in [2.05, 4.69) is 20.8 Å². The Bertz CT molecular complexity index is 167. The van der Waals surface area contributed by atoms with Gasteiger partial charge in [-0.3, -0.25) is 0 Å². The van der Waals surface area contributed by atoms with Crippen LogP contribution in [-0.4, -0.2) is 17.8 Å². The summed E-state index contributed by atoms with van der Waals surface area (Å²) >= 11 is 0. The van der Waals surface area contributed by atoms with Gasteiger partial charge in [0.15, 0.2) is 0 Å². The van der Waals surface area contributed by atoms with Gasteiger partial charge in [-0.2, -0.15) is 0 Å². The summed E-state index contributed by atoms with van der Waals surface area (Å²) < 4.78 is 0. The van der Waals surface area contributed by atoms with Crippen LogP contribution in [0.3, 0.4) is 0 Å². The third-order valence-electron chi connectivity index (χ3n) is 2.91. The predicted octanol–water partition coefficient (Wildman–Crippen LogP) is 1.52. The second-order valence-corrected chi connectivity index (χ2v) is 5.42. The van der Waals surface area contributed by atoms with Crippen molar-refractivity contribution in [3.05, 3.63) is 0 Å². The van der Waals surface area contributed by atoms with E-state index in [1.165, 1.54) is 0 Å². The first-order valence-corrected chi connectivity index (χ1v) is 4.75. The number of hydrogen-bond donors (Lipinski definition) is 2. The minimum atomic E-state index is -0.151. The molecular weight excluding hydrogens is 150 g/mol. The van der Waals surface area contributed by atoms with Gasteiger partial charge in [0.25, 0.3) is 0 Å². The lowest BCUT2D eigenvalue weighted by atomic mass is 9.63. The molecule has 0 bridgehead atoms. The fraction of sp³-hybridized carbons (Fsp3) is 1.00. The van der Waals surface area contributed by atoms with Crippen molar-refractivity contribution >= 4 is 0 Å². The van der Waals surface area contributed by atoms with Crippen molar-refractivity contribution in [2.45, 2.75) is 46.1 Å². The highest BCUT2D eigenvalue weighted by Crippen LogP contribution is 2.45. The summed E-state index contributed by atoms with van der Waals surface area (Å²) in [6, 6.07) is 0. The first kappa shape index (κ1) is 10.0. The number of aliphatic hydroxyl groups excluding tert-OH is 1. The van der Waals surface area contributed by atoms with Crippen LogP contribution in [0.15, 0.2) is 0 Å². The molecule has 0 heterocycles. The van der Waals surface area contributed by atoms with Crippen molar-refractivity contribution in [2.24, 2.45) is 16.6 Å². The van der Waals surface area contributed by atoms with Gasteiger partial charge in [0.2, 0.25) is 0 Å². The second-order valence-electron chi connectivity index (χ2n) is 5.42. The van der Waals surface area contributed by atoms with E-state index in [1.54, 1.807) is 0 Å². The second kappa shape index (κ2) is 3.00. The van der Waals surface area contributed by atoms with Crippen molar-refractivity contribution in [2.75, 3.05) is 6.54 Å². The monoisotopic (exact) mass is 171 g/mol. The molecule has 2 atom stereocenters. The fourth-order valence-corrected chi connectivity index (χ4v) is 2.73. The molecule has 0 aromatic carbocycles. The van der Waals surface area contributed by atoms with E-state index in [9.17, 15) is 5.11 Å². The van der Waals surface area contributed by atoms with Crippen LogP contribution in [0.1, 0.15) is 40.0 Å². The van der Waals surface area contributed by atoms with Crippen LogP contribution in [0.2, 0.25) is 0 Å². The summed E-state index contributed by atoms with van der Waals surface area (Å²) in [6.07, 6.45) is 2.77. The van der Waals surface area contributed by atoms with Crippen LogP contribution >= 0.6 is 0 Å². The first-order chi connectivity index (χ1) is 5.37. The fourth-order valence-electron chi connectivity index (χ4n) is 2.73.